The lowest BCUT2D eigenvalue weighted by Crippen LogP contribution is -2.38. The predicted molar refractivity (Wildman–Crippen MR) is 102 cm³/mol. The lowest BCUT2D eigenvalue weighted by atomic mass is 10.2. The number of hydrogen-bond acceptors (Lipinski definition) is 5. The summed E-state index contributed by atoms with van der Waals surface area (Å²) in [5, 5.41) is 2.80. The van der Waals surface area contributed by atoms with Crippen LogP contribution in [0.2, 0.25) is 0 Å². The molecule has 1 aromatic carbocycles. The number of para-hydroxylation sites is 1. The average molecular weight is 448 g/mol. The van der Waals surface area contributed by atoms with Crippen molar-refractivity contribution < 1.29 is 19.0 Å². The summed E-state index contributed by atoms with van der Waals surface area (Å²) in [5.41, 5.74) is 0.107. The number of halogens is 1. The van der Waals surface area contributed by atoms with Crippen LogP contribution in [0.5, 0.6) is 5.75 Å². The van der Waals surface area contributed by atoms with Gasteiger partial charge in [-0.3, -0.25) is 10.2 Å². The van der Waals surface area contributed by atoms with E-state index in [9.17, 15) is 4.79 Å². The van der Waals surface area contributed by atoms with Gasteiger partial charge in [0, 0.05) is 23.2 Å². The van der Waals surface area contributed by atoms with Crippen molar-refractivity contribution >= 4 is 34.4 Å². The summed E-state index contributed by atoms with van der Waals surface area (Å²) in [6, 6.07) is 5.68. The highest BCUT2D eigenvalue weighted by Gasteiger charge is 2.19. The zero-order valence-corrected chi connectivity index (χ0v) is 16.6. The molecule has 1 aliphatic rings. The minimum absolute atomic E-state index is 0.482. The molecule has 24 heavy (non-hydrogen) atoms. The fourth-order valence-electron chi connectivity index (χ4n) is 2.26. The van der Waals surface area contributed by atoms with E-state index in [2.05, 4.69) is 32.8 Å². The third-order valence-electron chi connectivity index (χ3n) is 3.37. The molecule has 7 heteroatoms. The molecule has 1 heterocycles. The minimum atomic E-state index is -0.540. The molecule has 0 spiro atoms. The van der Waals surface area contributed by atoms with Crippen LogP contribution in [0.4, 0.5) is 10.5 Å². The molecule has 0 radical (unpaired) electrons. The Kier molecular flexibility index (Phi) is 7.12. The highest BCUT2D eigenvalue weighted by molar-refractivity contribution is 14.1. The summed E-state index contributed by atoms with van der Waals surface area (Å²) in [6.07, 6.45) is -0.482. The van der Waals surface area contributed by atoms with Crippen LogP contribution in [0.1, 0.15) is 20.8 Å². The van der Waals surface area contributed by atoms with E-state index >= 15 is 0 Å². The van der Waals surface area contributed by atoms with Crippen molar-refractivity contribution in [2.45, 2.75) is 26.4 Å². The second-order valence-electron chi connectivity index (χ2n) is 6.54. The molecule has 0 aliphatic carbocycles. The topological polar surface area (TPSA) is 60.0 Å². The van der Waals surface area contributed by atoms with Gasteiger partial charge >= 0.3 is 6.09 Å². The number of ether oxygens (including phenoxy) is 3. The van der Waals surface area contributed by atoms with Crippen molar-refractivity contribution in [1.29, 1.82) is 0 Å². The summed E-state index contributed by atoms with van der Waals surface area (Å²) >= 11 is 2.17. The number of carbonyl (C=O) groups excluding carboxylic acids is 1. The Morgan fingerprint density at radius 3 is 2.71 bits per heavy atom. The van der Waals surface area contributed by atoms with Gasteiger partial charge in [0.15, 0.2) is 0 Å². The SMILES string of the molecule is CC(C)(C)OC(=O)Nc1c(I)cccc1OCCN1CCOCC1. The molecule has 2 rings (SSSR count). The van der Waals surface area contributed by atoms with Crippen LogP contribution in [0.15, 0.2) is 18.2 Å². The van der Waals surface area contributed by atoms with Crippen LogP contribution < -0.4 is 10.1 Å². The molecule has 6 nitrogen and oxygen atoms in total. The summed E-state index contributed by atoms with van der Waals surface area (Å²) < 4.78 is 17.5. The Balaban J connectivity index is 1.94. The monoisotopic (exact) mass is 448 g/mol. The van der Waals surface area contributed by atoms with Crippen molar-refractivity contribution in [2.75, 3.05) is 44.8 Å². The number of anilines is 1. The van der Waals surface area contributed by atoms with Crippen LogP contribution in [0.3, 0.4) is 0 Å². The molecule has 1 amide bonds. The maximum atomic E-state index is 12.0. The van der Waals surface area contributed by atoms with Gasteiger partial charge in [-0.25, -0.2) is 4.79 Å². The molecular formula is C17H25IN2O4. The van der Waals surface area contributed by atoms with Crippen LogP contribution in [0.25, 0.3) is 0 Å². The number of nitrogens with zero attached hydrogens (tertiary/aromatic N) is 1. The first-order valence-electron chi connectivity index (χ1n) is 8.06. The Bertz CT molecular complexity index is 554. The van der Waals surface area contributed by atoms with E-state index < -0.39 is 11.7 Å². The summed E-state index contributed by atoms with van der Waals surface area (Å²) in [6.45, 7) is 10.3. The Morgan fingerprint density at radius 1 is 1.33 bits per heavy atom. The van der Waals surface area contributed by atoms with Gasteiger partial charge in [-0.05, 0) is 55.5 Å². The lowest BCUT2D eigenvalue weighted by Gasteiger charge is -2.26. The molecule has 0 aromatic heterocycles. The molecular weight excluding hydrogens is 423 g/mol. The number of morpholine rings is 1. The van der Waals surface area contributed by atoms with Gasteiger partial charge in [0.1, 0.15) is 18.0 Å². The standard InChI is InChI=1S/C17H25IN2O4/c1-17(2,3)24-16(21)19-15-13(18)5-4-6-14(15)23-12-9-20-7-10-22-11-8-20/h4-6H,7-12H2,1-3H3,(H,19,21). The van der Waals surface area contributed by atoms with E-state index in [1.807, 2.05) is 39.0 Å². The van der Waals surface area contributed by atoms with Crippen molar-refractivity contribution in [3.8, 4) is 5.75 Å². The molecule has 0 atom stereocenters. The Labute approximate surface area is 157 Å². The van der Waals surface area contributed by atoms with Gasteiger partial charge in [0.2, 0.25) is 0 Å². The first-order valence-corrected chi connectivity index (χ1v) is 9.14. The molecule has 1 N–H and O–H groups in total. The largest absolute Gasteiger partial charge is 0.490 e. The summed E-state index contributed by atoms with van der Waals surface area (Å²) in [7, 11) is 0. The number of hydrogen-bond donors (Lipinski definition) is 1. The first kappa shape index (κ1) is 19.3. The molecule has 1 fully saturated rings. The van der Waals surface area contributed by atoms with Crippen molar-refractivity contribution in [1.82, 2.24) is 4.90 Å². The van der Waals surface area contributed by atoms with E-state index in [1.54, 1.807) is 0 Å². The Morgan fingerprint density at radius 2 is 2.04 bits per heavy atom. The average Bonchev–Trinajstić information content (AvgIpc) is 2.50. The summed E-state index contributed by atoms with van der Waals surface area (Å²) in [4.78, 5) is 14.3. The molecule has 0 saturated carbocycles. The number of carbonyl (C=O) groups is 1. The maximum Gasteiger partial charge on any atom is 0.412 e. The molecule has 1 aliphatic heterocycles. The molecule has 1 aromatic rings. The second kappa shape index (κ2) is 8.87. The predicted octanol–water partition coefficient (Wildman–Crippen LogP) is 3.35. The van der Waals surface area contributed by atoms with Crippen LogP contribution in [-0.2, 0) is 9.47 Å². The van der Waals surface area contributed by atoms with E-state index in [0.29, 0.717) is 18.0 Å². The zero-order valence-electron chi connectivity index (χ0n) is 14.4. The van der Waals surface area contributed by atoms with Gasteiger partial charge in [-0.2, -0.15) is 0 Å². The number of amides is 1. The highest BCUT2D eigenvalue weighted by atomic mass is 127. The van der Waals surface area contributed by atoms with Gasteiger partial charge in [-0.1, -0.05) is 6.07 Å². The number of benzene rings is 1. The second-order valence-corrected chi connectivity index (χ2v) is 7.70. The highest BCUT2D eigenvalue weighted by Crippen LogP contribution is 2.30. The van der Waals surface area contributed by atoms with Crippen LogP contribution >= 0.6 is 22.6 Å². The van der Waals surface area contributed by atoms with Crippen LogP contribution in [0, 0.1) is 3.57 Å². The van der Waals surface area contributed by atoms with E-state index in [1.165, 1.54) is 0 Å². The fraction of sp³-hybridized carbons (Fsp3) is 0.588. The first-order chi connectivity index (χ1) is 11.3. The molecule has 134 valence electrons. The van der Waals surface area contributed by atoms with E-state index in [0.717, 1.165) is 36.4 Å². The number of nitrogens with one attached hydrogen (secondary N) is 1. The third kappa shape index (κ3) is 6.45. The number of rotatable bonds is 5. The summed E-state index contributed by atoms with van der Waals surface area (Å²) in [5.74, 6) is 0.654. The lowest BCUT2D eigenvalue weighted by molar-refractivity contribution is 0.0322. The Hall–Kier alpha value is -1.06. The van der Waals surface area contributed by atoms with Gasteiger partial charge < -0.3 is 14.2 Å². The van der Waals surface area contributed by atoms with Gasteiger partial charge in [0.05, 0.1) is 18.9 Å². The smallest absolute Gasteiger partial charge is 0.412 e. The third-order valence-corrected chi connectivity index (χ3v) is 4.27. The normalized spacial score (nSPS) is 15.8. The fourth-order valence-corrected chi connectivity index (χ4v) is 2.87. The molecule has 1 saturated heterocycles. The van der Waals surface area contributed by atoms with Gasteiger partial charge in [0.25, 0.3) is 0 Å². The minimum Gasteiger partial charge on any atom is -0.490 e. The van der Waals surface area contributed by atoms with Crippen molar-refractivity contribution in [3.05, 3.63) is 21.8 Å². The van der Waals surface area contributed by atoms with Crippen molar-refractivity contribution in [2.24, 2.45) is 0 Å². The quantitative estimate of drug-likeness (QED) is 0.701. The van der Waals surface area contributed by atoms with Gasteiger partial charge in [-0.15, -0.1) is 0 Å². The van der Waals surface area contributed by atoms with Crippen LogP contribution in [-0.4, -0.2) is 56.0 Å². The van der Waals surface area contributed by atoms with E-state index in [4.69, 9.17) is 14.2 Å². The molecule has 0 bridgehead atoms. The maximum absolute atomic E-state index is 12.0. The zero-order chi connectivity index (χ0) is 17.6. The van der Waals surface area contributed by atoms with Crippen molar-refractivity contribution in [3.63, 3.8) is 0 Å². The van der Waals surface area contributed by atoms with E-state index in [-0.39, 0.29) is 0 Å². The molecule has 0 unspecified atom stereocenters.